The van der Waals surface area contributed by atoms with E-state index < -0.39 is 0 Å². The molecule has 0 aromatic rings. The van der Waals surface area contributed by atoms with Crippen LogP contribution in [0.2, 0.25) is 0 Å². The highest BCUT2D eigenvalue weighted by Crippen LogP contribution is 2.22. The number of nitrogens with one attached hydrogen (secondary N) is 1. The van der Waals surface area contributed by atoms with Gasteiger partial charge < -0.3 is 10.2 Å². The van der Waals surface area contributed by atoms with Crippen molar-refractivity contribution in [3.05, 3.63) is 0 Å². The van der Waals surface area contributed by atoms with Gasteiger partial charge in [0, 0.05) is 30.1 Å². The molecule has 0 spiro atoms. The Morgan fingerprint density at radius 2 is 2.25 bits per heavy atom. The monoisotopic (exact) mass is 244 g/mol. The Balaban J connectivity index is 2.45. The first kappa shape index (κ1) is 14.3. The number of thioether (sulfide) groups is 1. The van der Waals surface area contributed by atoms with E-state index in [4.69, 9.17) is 0 Å². The summed E-state index contributed by atoms with van der Waals surface area (Å²) < 4.78 is 0. The van der Waals surface area contributed by atoms with E-state index >= 15 is 0 Å². The SMILES string of the molecule is CCCC(C)CC(NC)C1CSCCN1C. The van der Waals surface area contributed by atoms with Crippen LogP contribution >= 0.6 is 11.8 Å². The first-order valence-corrected chi connectivity index (χ1v) is 7.79. The molecule has 3 atom stereocenters. The van der Waals surface area contributed by atoms with Crippen molar-refractivity contribution in [1.82, 2.24) is 10.2 Å². The minimum atomic E-state index is 0.666. The van der Waals surface area contributed by atoms with Gasteiger partial charge in [0.15, 0.2) is 0 Å². The summed E-state index contributed by atoms with van der Waals surface area (Å²) >= 11 is 2.11. The quantitative estimate of drug-likeness (QED) is 0.772. The van der Waals surface area contributed by atoms with Gasteiger partial charge in [0.05, 0.1) is 0 Å². The van der Waals surface area contributed by atoms with Crippen LogP contribution in [-0.4, -0.2) is 49.1 Å². The second-order valence-electron chi connectivity index (χ2n) is 5.15. The molecule has 1 saturated heterocycles. The van der Waals surface area contributed by atoms with Gasteiger partial charge in [0.25, 0.3) is 0 Å². The van der Waals surface area contributed by atoms with Crippen LogP contribution in [0.1, 0.15) is 33.1 Å². The smallest absolute Gasteiger partial charge is 0.0337 e. The fourth-order valence-electron chi connectivity index (χ4n) is 2.64. The lowest BCUT2D eigenvalue weighted by atomic mass is 9.93. The number of nitrogens with zero attached hydrogens (tertiary/aromatic N) is 1. The fourth-order valence-corrected chi connectivity index (χ4v) is 3.95. The van der Waals surface area contributed by atoms with Crippen LogP contribution in [0, 0.1) is 5.92 Å². The Labute approximate surface area is 106 Å². The Morgan fingerprint density at radius 3 is 2.81 bits per heavy atom. The van der Waals surface area contributed by atoms with Crippen molar-refractivity contribution in [1.29, 1.82) is 0 Å². The molecule has 0 aromatic carbocycles. The van der Waals surface area contributed by atoms with Gasteiger partial charge >= 0.3 is 0 Å². The molecule has 0 amide bonds. The topological polar surface area (TPSA) is 15.3 Å². The van der Waals surface area contributed by atoms with Crippen molar-refractivity contribution in [3.8, 4) is 0 Å². The van der Waals surface area contributed by atoms with Crippen molar-refractivity contribution in [2.75, 3.05) is 32.1 Å². The predicted molar refractivity (Wildman–Crippen MR) is 75.3 cm³/mol. The lowest BCUT2D eigenvalue weighted by molar-refractivity contribution is 0.199. The predicted octanol–water partition coefficient (Wildman–Crippen LogP) is 2.45. The molecule has 1 rings (SSSR count). The van der Waals surface area contributed by atoms with E-state index in [1.807, 2.05) is 0 Å². The summed E-state index contributed by atoms with van der Waals surface area (Å²) in [7, 11) is 4.40. The van der Waals surface area contributed by atoms with Gasteiger partial charge in [-0.2, -0.15) is 11.8 Å². The standard InChI is InChI=1S/C13H28N2S/c1-5-6-11(2)9-12(14-3)13-10-16-8-7-15(13)4/h11-14H,5-10H2,1-4H3. The van der Waals surface area contributed by atoms with Crippen molar-refractivity contribution in [2.24, 2.45) is 5.92 Å². The molecule has 16 heavy (non-hydrogen) atoms. The van der Waals surface area contributed by atoms with Crippen molar-refractivity contribution < 1.29 is 0 Å². The number of rotatable bonds is 6. The van der Waals surface area contributed by atoms with Gasteiger partial charge in [-0.15, -0.1) is 0 Å². The molecule has 3 heteroatoms. The maximum absolute atomic E-state index is 3.54. The van der Waals surface area contributed by atoms with Crippen LogP contribution in [0.15, 0.2) is 0 Å². The average Bonchev–Trinajstić information content (AvgIpc) is 2.27. The highest BCUT2D eigenvalue weighted by Gasteiger charge is 2.27. The van der Waals surface area contributed by atoms with E-state index in [1.54, 1.807) is 0 Å². The van der Waals surface area contributed by atoms with E-state index in [2.05, 4.69) is 49.9 Å². The third kappa shape index (κ3) is 4.27. The highest BCUT2D eigenvalue weighted by atomic mass is 32.2. The Hall–Kier alpha value is 0.270. The van der Waals surface area contributed by atoms with E-state index in [0.717, 1.165) is 12.0 Å². The summed E-state index contributed by atoms with van der Waals surface area (Å²) in [6.45, 7) is 5.92. The Bertz CT molecular complexity index is 187. The molecule has 0 bridgehead atoms. The molecule has 1 N–H and O–H groups in total. The van der Waals surface area contributed by atoms with Crippen LogP contribution in [0.25, 0.3) is 0 Å². The van der Waals surface area contributed by atoms with Crippen molar-refractivity contribution in [2.45, 2.75) is 45.2 Å². The highest BCUT2D eigenvalue weighted by molar-refractivity contribution is 7.99. The normalized spacial score (nSPS) is 26.6. The molecule has 1 aliphatic rings. The maximum Gasteiger partial charge on any atom is 0.0337 e. The molecule has 1 heterocycles. The molecule has 96 valence electrons. The number of likely N-dealkylation sites (N-methyl/N-ethyl adjacent to an activating group) is 2. The molecule has 0 saturated carbocycles. The van der Waals surface area contributed by atoms with Gasteiger partial charge in [-0.05, 0) is 26.4 Å². The molecular weight excluding hydrogens is 216 g/mol. The summed E-state index contributed by atoms with van der Waals surface area (Å²) in [5.41, 5.74) is 0. The van der Waals surface area contributed by atoms with Crippen LogP contribution in [0.3, 0.4) is 0 Å². The minimum absolute atomic E-state index is 0.666. The van der Waals surface area contributed by atoms with Crippen molar-refractivity contribution >= 4 is 11.8 Å². The third-order valence-electron chi connectivity index (χ3n) is 3.72. The second-order valence-corrected chi connectivity index (χ2v) is 6.30. The average molecular weight is 244 g/mol. The summed E-state index contributed by atoms with van der Waals surface area (Å²) in [5.74, 6) is 3.44. The number of hydrogen-bond acceptors (Lipinski definition) is 3. The van der Waals surface area contributed by atoms with Gasteiger partial charge in [-0.1, -0.05) is 26.7 Å². The van der Waals surface area contributed by atoms with Gasteiger partial charge in [0.2, 0.25) is 0 Å². The molecular formula is C13H28N2S. The van der Waals surface area contributed by atoms with Gasteiger partial charge in [-0.25, -0.2) is 0 Å². The lowest BCUT2D eigenvalue weighted by Gasteiger charge is -2.38. The van der Waals surface area contributed by atoms with E-state index in [1.165, 1.54) is 37.3 Å². The molecule has 0 radical (unpaired) electrons. The van der Waals surface area contributed by atoms with E-state index in [-0.39, 0.29) is 0 Å². The summed E-state index contributed by atoms with van der Waals surface area (Å²) in [4.78, 5) is 2.54. The minimum Gasteiger partial charge on any atom is -0.315 e. The zero-order valence-corrected chi connectivity index (χ0v) is 12.1. The van der Waals surface area contributed by atoms with Gasteiger partial charge in [0.1, 0.15) is 0 Å². The first-order chi connectivity index (χ1) is 7.69. The third-order valence-corrected chi connectivity index (χ3v) is 4.76. The second kappa shape index (κ2) is 7.57. The zero-order valence-electron chi connectivity index (χ0n) is 11.3. The molecule has 0 aliphatic carbocycles. The Kier molecular flexibility index (Phi) is 6.78. The largest absolute Gasteiger partial charge is 0.315 e. The van der Waals surface area contributed by atoms with Crippen LogP contribution < -0.4 is 5.32 Å². The summed E-state index contributed by atoms with van der Waals surface area (Å²) in [5, 5.41) is 3.54. The molecule has 1 aliphatic heterocycles. The summed E-state index contributed by atoms with van der Waals surface area (Å²) in [6, 6.07) is 1.39. The molecule has 3 unspecified atom stereocenters. The van der Waals surface area contributed by atoms with E-state index in [9.17, 15) is 0 Å². The van der Waals surface area contributed by atoms with Crippen LogP contribution in [0.5, 0.6) is 0 Å². The molecule has 0 aromatic heterocycles. The fraction of sp³-hybridized carbons (Fsp3) is 1.00. The zero-order chi connectivity index (χ0) is 12.0. The lowest BCUT2D eigenvalue weighted by Crippen LogP contribution is -2.52. The van der Waals surface area contributed by atoms with Crippen LogP contribution in [-0.2, 0) is 0 Å². The van der Waals surface area contributed by atoms with E-state index in [0.29, 0.717) is 6.04 Å². The number of hydrogen-bond donors (Lipinski definition) is 1. The van der Waals surface area contributed by atoms with Crippen molar-refractivity contribution in [3.63, 3.8) is 0 Å². The maximum atomic E-state index is 3.54. The first-order valence-electron chi connectivity index (χ1n) is 6.64. The van der Waals surface area contributed by atoms with Gasteiger partial charge in [-0.3, -0.25) is 0 Å². The molecule has 2 nitrogen and oxygen atoms in total. The summed E-state index contributed by atoms with van der Waals surface area (Å²) in [6.07, 6.45) is 3.99. The van der Waals surface area contributed by atoms with Crippen LogP contribution in [0.4, 0.5) is 0 Å². The molecule has 1 fully saturated rings. The Morgan fingerprint density at radius 1 is 1.50 bits per heavy atom.